The van der Waals surface area contributed by atoms with Gasteiger partial charge in [-0.1, -0.05) is 12.8 Å². The fourth-order valence-corrected chi connectivity index (χ4v) is 7.81. The summed E-state index contributed by atoms with van der Waals surface area (Å²) in [7, 11) is 0. The van der Waals surface area contributed by atoms with Gasteiger partial charge in [0, 0.05) is 23.6 Å². The number of nitrogens with one attached hydrogen (secondary N) is 4. The highest BCUT2D eigenvalue weighted by Crippen LogP contribution is 2.30. The second-order valence-electron chi connectivity index (χ2n) is 12.9. The number of unbranched alkanes of at least 4 members (excludes halogenated alkanes) is 3. The Labute approximate surface area is 231 Å². The molecule has 0 aliphatic carbocycles. The second kappa shape index (κ2) is 13.8. The van der Waals surface area contributed by atoms with Crippen molar-refractivity contribution in [2.24, 2.45) is 9.98 Å². The summed E-state index contributed by atoms with van der Waals surface area (Å²) < 4.78 is 0. The molecule has 8 heteroatoms. The lowest BCUT2D eigenvalue weighted by molar-refractivity contribution is 0.371. The molecular formula is C28H56N6S2. The number of rotatable bonds is 15. The molecule has 0 aromatic carbocycles. The minimum Gasteiger partial charge on any atom is -0.314 e. The zero-order valence-electron chi connectivity index (χ0n) is 24.9. The van der Waals surface area contributed by atoms with Crippen LogP contribution in [0.4, 0.5) is 0 Å². The fourth-order valence-electron chi connectivity index (χ4n) is 5.07. The lowest BCUT2D eigenvalue weighted by Crippen LogP contribution is -2.47. The smallest absolute Gasteiger partial charge is 0.106 e. The largest absolute Gasteiger partial charge is 0.314 e. The molecular weight excluding hydrogens is 484 g/mol. The number of hydrogen-bond acceptors (Lipinski definition) is 8. The molecule has 0 fully saturated rings. The van der Waals surface area contributed by atoms with Gasteiger partial charge in [-0.2, -0.15) is 0 Å². The van der Waals surface area contributed by atoms with E-state index in [1.54, 1.807) is 0 Å². The third kappa shape index (κ3) is 11.3. The molecule has 2 atom stereocenters. The van der Waals surface area contributed by atoms with Crippen LogP contribution in [0, 0.1) is 0 Å². The lowest BCUT2D eigenvalue weighted by Gasteiger charge is -2.25. The Bertz CT molecular complexity index is 682. The van der Waals surface area contributed by atoms with Gasteiger partial charge in [-0.05, 0) is 108 Å². The van der Waals surface area contributed by atoms with E-state index in [0.29, 0.717) is 12.1 Å². The van der Waals surface area contributed by atoms with Crippen LogP contribution in [-0.2, 0) is 0 Å². The maximum atomic E-state index is 4.87. The summed E-state index contributed by atoms with van der Waals surface area (Å²) in [6.45, 7) is 24.4. The molecule has 2 aliphatic rings. The molecule has 36 heavy (non-hydrogen) atoms. The van der Waals surface area contributed by atoms with E-state index in [1.807, 2.05) is 23.5 Å². The van der Waals surface area contributed by atoms with Crippen LogP contribution in [0.3, 0.4) is 0 Å². The topological polar surface area (TPSA) is 72.8 Å². The lowest BCUT2D eigenvalue weighted by atomic mass is 10.1. The predicted octanol–water partition coefficient (Wildman–Crippen LogP) is 5.78. The van der Waals surface area contributed by atoms with Crippen LogP contribution in [0.15, 0.2) is 9.98 Å². The van der Waals surface area contributed by atoms with Crippen LogP contribution in [-0.4, -0.2) is 69.2 Å². The predicted molar refractivity (Wildman–Crippen MR) is 165 cm³/mol. The summed E-state index contributed by atoms with van der Waals surface area (Å²) in [6, 6.07) is 1.12. The van der Waals surface area contributed by atoms with Crippen molar-refractivity contribution in [3.05, 3.63) is 0 Å². The first-order chi connectivity index (χ1) is 16.6. The number of hydrogen-bond donors (Lipinski definition) is 4. The SMILES string of the molecule is CC(CCSC1=NC(C)(C)NC1(C)C)NCCCCCCNC(C)CCSC1=NC(C)(C)NC1(C)C. The molecule has 2 unspecified atom stereocenters. The van der Waals surface area contributed by atoms with Gasteiger partial charge in [0.25, 0.3) is 0 Å². The standard InChI is InChI=1S/C28H56N6S2/c1-21(15-19-35-23-25(3,4)33-27(7,8)31-23)29-17-13-11-12-14-18-30-22(2)16-20-36-24-26(5,6)34-28(9,10)32-24/h21-22,29-30,33-34H,11-20H2,1-10H3. The van der Waals surface area contributed by atoms with Crippen molar-refractivity contribution in [2.75, 3.05) is 24.6 Å². The van der Waals surface area contributed by atoms with Crippen molar-refractivity contribution in [3.8, 4) is 0 Å². The van der Waals surface area contributed by atoms with E-state index in [9.17, 15) is 0 Å². The van der Waals surface area contributed by atoms with E-state index >= 15 is 0 Å². The summed E-state index contributed by atoms with van der Waals surface area (Å²) in [5, 5.41) is 17.1. The minimum atomic E-state index is -0.139. The highest BCUT2D eigenvalue weighted by atomic mass is 32.2. The van der Waals surface area contributed by atoms with Gasteiger partial charge in [0.2, 0.25) is 0 Å². The molecule has 0 saturated heterocycles. The second-order valence-corrected chi connectivity index (χ2v) is 15.0. The summed E-state index contributed by atoms with van der Waals surface area (Å²) >= 11 is 3.84. The molecule has 0 radical (unpaired) electrons. The maximum Gasteiger partial charge on any atom is 0.106 e. The van der Waals surface area contributed by atoms with E-state index in [0.717, 1.165) is 24.6 Å². The fraction of sp³-hybridized carbons (Fsp3) is 0.929. The zero-order valence-corrected chi connectivity index (χ0v) is 26.6. The summed E-state index contributed by atoms with van der Waals surface area (Å²) in [4.78, 5) is 9.73. The Morgan fingerprint density at radius 3 is 1.31 bits per heavy atom. The van der Waals surface area contributed by atoms with Gasteiger partial charge >= 0.3 is 0 Å². The van der Waals surface area contributed by atoms with E-state index < -0.39 is 0 Å². The Kier molecular flexibility index (Phi) is 12.3. The minimum absolute atomic E-state index is 0.00639. The summed E-state index contributed by atoms with van der Waals surface area (Å²) in [6.07, 6.45) is 7.51. The normalized spacial score (nSPS) is 23.4. The molecule has 2 aliphatic heterocycles. The van der Waals surface area contributed by atoms with Gasteiger partial charge in [-0.3, -0.25) is 20.6 Å². The Morgan fingerprint density at radius 1 is 0.639 bits per heavy atom. The molecule has 6 nitrogen and oxygen atoms in total. The van der Waals surface area contributed by atoms with Gasteiger partial charge in [0.15, 0.2) is 0 Å². The molecule has 0 bridgehead atoms. The van der Waals surface area contributed by atoms with E-state index in [2.05, 4.69) is 90.5 Å². The highest BCUT2D eigenvalue weighted by molar-refractivity contribution is 8.14. The van der Waals surface area contributed by atoms with Crippen molar-refractivity contribution < 1.29 is 0 Å². The van der Waals surface area contributed by atoms with Crippen molar-refractivity contribution in [2.45, 2.75) is 142 Å². The van der Waals surface area contributed by atoms with E-state index in [-0.39, 0.29) is 22.4 Å². The Morgan fingerprint density at radius 2 is 1.00 bits per heavy atom. The van der Waals surface area contributed by atoms with Crippen LogP contribution in [0.5, 0.6) is 0 Å². The van der Waals surface area contributed by atoms with Crippen molar-refractivity contribution in [1.82, 2.24) is 21.3 Å². The third-order valence-electron chi connectivity index (χ3n) is 6.74. The maximum absolute atomic E-state index is 4.87. The summed E-state index contributed by atoms with van der Waals surface area (Å²) in [5.74, 6) is 2.24. The van der Waals surface area contributed by atoms with Crippen LogP contribution in [0.25, 0.3) is 0 Å². The Hall–Kier alpha value is -0.120. The molecule has 0 aromatic heterocycles. The van der Waals surface area contributed by atoms with Crippen molar-refractivity contribution in [1.29, 1.82) is 0 Å². The molecule has 2 heterocycles. The Balaban J connectivity index is 1.43. The van der Waals surface area contributed by atoms with E-state index in [4.69, 9.17) is 9.98 Å². The zero-order chi connectivity index (χ0) is 27.0. The first kappa shape index (κ1) is 32.1. The number of thioether (sulfide) groups is 2. The van der Waals surface area contributed by atoms with Crippen LogP contribution in [0.2, 0.25) is 0 Å². The summed E-state index contributed by atoms with van der Waals surface area (Å²) in [5.41, 5.74) is -0.290. The molecule has 0 amide bonds. The van der Waals surface area contributed by atoms with Gasteiger partial charge in [0.1, 0.15) is 11.3 Å². The average Bonchev–Trinajstić information content (AvgIpc) is 3.07. The molecule has 0 saturated carbocycles. The van der Waals surface area contributed by atoms with Crippen molar-refractivity contribution >= 4 is 33.6 Å². The van der Waals surface area contributed by atoms with Gasteiger partial charge in [0.05, 0.1) is 21.2 Å². The molecule has 0 aromatic rings. The van der Waals surface area contributed by atoms with E-state index in [1.165, 1.54) is 48.6 Å². The quantitative estimate of drug-likeness (QED) is 0.197. The first-order valence-electron chi connectivity index (χ1n) is 14.1. The molecule has 4 N–H and O–H groups in total. The molecule has 210 valence electrons. The van der Waals surface area contributed by atoms with Crippen LogP contribution < -0.4 is 21.3 Å². The van der Waals surface area contributed by atoms with Gasteiger partial charge in [-0.25, -0.2) is 0 Å². The van der Waals surface area contributed by atoms with Crippen LogP contribution >= 0.6 is 23.5 Å². The highest BCUT2D eigenvalue weighted by Gasteiger charge is 2.39. The van der Waals surface area contributed by atoms with Gasteiger partial charge in [-0.15, -0.1) is 23.5 Å². The third-order valence-corrected chi connectivity index (χ3v) is 9.37. The number of nitrogens with zero attached hydrogens (tertiary/aromatic N) is 2. The monoisotopic (exact) mass is 540 g/mol. The average molecular weight is 541 g/mol. The molecule has 2 rings (SSSR count). The van der Waals surface area contributed by atoms with Gasteiger partial charge < -0.3 is 10.6 Å². The first-order valence-corrected chi connectivity index (χ1v) is 16.1. The van der Waals surface area contributed by atoms with Crippen molar-refractivity contribution in [3.63, 3.8) is 0 Å². The number of aliphatic imine (C=N–C) groups is 2. The molecule has 0 spiro atoms. The van der Waals surface area contributed by atoms with Crippen LogP contribution in [0.1, 0.15) is 108 Å².